The summed E-state index contributed by atoms with van der Waals surface area (Å²) in [6.45, 7) is 5.60. The number of sulfonamides is 1. The second kappa shape index (κ2) is 15.8. The molecule has 0 saturated heterocycles. The quantitative estimate of drug-likeness (QED) is 0.156. The number of benzene rings is 4. The molecule has 0 aliphatic rings. The molecule has 4 rings (SSSR count). The number of nitrogens with one attached hydrogen (secondary N) is 1. The molecule has 1 N–H and O–H groups in total. The molecule has 0 aliphatic carbocycles. The second-order valence-corrected chi connectivity index (χ2v) is 14.5. The minimum Gasteiger partial charge on any atom is -0.354 e. The molecule has 0 unspecified atom stereocenters. The number of aryl methyl sites for hydroxylation is 1. The van der Waals surface area contributed by atoms with Gasteiger partial charge < -0.3 is 10.2 Å². The van der Waals surface area contributed by atoms with Crippen molar-refractivity contribution in [2.75, 3.05) is 17.4 Å². The van der Waals surface area contributed by atoms with Crippen LogP contribution in [0.2, 0.25) is 15.1 Å². The summed E-state index contributed by atoms with van der Waals surface area (Å²) in [5.41, 5.74) is 2.58. The van der Waals surface area contributed by atoms with Gasteiger partial charge in [-0.25, -0.2) is 8.42 Å². The van der Waals surface area contributed by atoms with E-state index in [9.17, 15) is 18.0 Å². The van der Waals surface area contributed by atoms with Gasteiger partial charge in [-0.2, -0.15) is 0 Å². The Labute approximate surface area is 286 Å². The van der Waals surface area contributed by atoms with Gasteiger partial charge in [-0.15, -0.1) is 0 Å². The number of hydrogen-bond donors (Lipinski definition) is 1. The van der Waals surface area contributed by atoms with Gasteiger partial charge in [-0.1, -0.05) is 97.2 Å². The highest BCUT2D eigenvalue weighted by Crippen LogP contribution is 2.28. The largest absolute Gasteiger partial charge is 0.354 e. The number of carbonyl (C=O) groups is 2. The van der Waals surface area contributed by atoms with Crippen molar-refractivity contribution < 1.29 is 18.0 Å². The van der Waals surface area contributed by atoms with Gasteiger partial charge in [-0.05, 0) is 78.1 Å². The molecule has 7 nitrogen and oxygen atoms in total. The van der Waals surface area contributed by atoms with Crippen molar-refractivity contribution in [1.29, 1.82) is 0 Å². The highest BCUT2D eigenvalue weighted by Gasteiger charge is 2.34. The van der Waals surface area contributed by atoms with E-state index in [2.05, 4.69) is 5.32 Å². The summed E-state index contributed by atoms with van der Waals surface area (Å²) in [5.74, 6) is -0.763. The van der Waals surface area contributed by atoms with Gasteiger partial charge >= 0.3 is 0 Å². The Morgan fingerprint density at radius 3 is 2.13 bits per heavy atom. The molecule has 2 amide bonds. The molecule has 0 aromatic heterocycles. The Morgan fingerprint density at radius 2 is 1.50 bits per heavy atom. The predicted molar refractivity (Wildman–Crippen MR) is 186 cm³/mol. The molecule has 0 aliphatic heterocycles. The van der Waals surface area contributed by atoms with Crippen molar-refractivity contribution in [2.24, 2.45) is 5.92 Å². The topological polar surface area (TPSA) is 86.8 Å². The van der Waals surface area contributed by atoms with Crippen LogP contribution in [0.1, 0.15) is 30.5 Å². The van der Waals surface area contributed by atoms with Gasteiger partial charge in [0, 0.05) is 24.5 Å². The fourth-order valence-corrected chi connectivity index (χ4v) is 6.71. The Hall–Kier alpha value is -3.56. The van der Waals surface area contributed by atoms with Crippen molar-refractivity contribution in [3.63, 3.8) is 0 Å². The highest BCUT2D eigenvalue weighted by molar-refractivity contribution is 7.92. The zero-order valence-electron chi connectivity index (χ0n) is 25.8. The summed E-state index contributed by atoms with van der Waals surface area (Å²) in [4.78, 5) is 29.8. The SMILES string of the molecule is Cc1cccc(N(CC(=O)N(Cc2ccc(Cl)c(Cl)c2)[C@H](Cc2ccccc2)C(=O)NCC(C)C)S(=O)(=O)c2ccc(Cl)cc2)c1. The zero-order chi connectivity index (χ0) is 33.4. The summed E-state index contributed by atoms with van der Waals surface area (Å²) >= 11 is 18.6. The lowest BCUT2D eigenvalue weighted by atomic mass is 10.0. The average Bonchev–Trinajstić information content (AvgIpc) is 3.02. The third-order valence-corrected chi connectivity index (χ3v) is 10.0. The van der Waals surface area contributed by atoms with E-state index in [1.54, 1.807) is 36.4 Å². The number of anilines is 1. The lowest BCUT2D eigenvalue weighted by Gasteiger charge is -2.34. The monoisotopic (exact) mass is 699 g/mol. The smallest absolute Gasteiger partial charge is 0.264 e. The van der Waals surface area contributed by atoms with Crippen LogP contribution in [-0.2, 0) is 32.6 Å². The van der Waals surface area contributed by atoms with Crippen molar-refractivity contribution in [3.05, 3.63) is 129 Å². The number of carbonyl (C=O) groups excluding carboxylic acids is 2. The lowest BCUT2D eigenvalue weighted by molar-refractivity contribution is -0.140. The first-order chi connectivity index (χ1) is 21.8. The van der Waals surface area contributed by atoms with Gasteiger partial charge in [0.25, 0.3) is 10.0 Å². The van der Waals surface area contributed by atoms with Crippen molar-refractivity contribution in [3.8, 4) is 0 Å². The van der Waals surface area contributed by atoms with Crippen LogP contribution in [-0.4, -0.2) is 44.3 Å². The maximum absolute atomic E-state index is 14.5. The molecule has 4 aromatic carbocycles. The Morgan fingerprint density at radius 1 is 0.804 bits per heavy atom. The van der Waals surface area contributed by atoms with Crippen LogP contribution >= 0.6 is 34.8 Å². The molecule has 0 fully saturated rings. The van der Waals surface area contributed by atoms with Crippen LogP contribution in [0.3, 0.4) is 0 Å². The van der Waals surface area contributed by atoms with Gasteiger partial charge in [0.15, 0.2) is 0 Å². The van der Waals surface area contributed by atoms with Crippen molar-refractivity contribution in [1.82, 2.24) is 10.2 Å². The predicted octanol–water partition coefficient (Wildman–Crippen LogP) is 7.56. The third-order valence-electron chi connectivity index (χ3n) is 7.26. The lowest BCUT2D eigenvalue weighted by Crippen LogP contribution is -2.53. The zero-order valence-corrected chi connectivity index (χ0v) is 28.9. The second-order valence-electron chi connectivity index (χ2n) is 11.4. The number of amides is 2. The highest BCUT2D eigenvalue weighted by atomic mass is 35.5. The Balaban J connectivity index is 1.81. The van der Waals surface area contributed by atoms with Crippen LogP contribution in [0.15, 0.2) is 102 Å². The maximum Gasteiger partial charge on any atom is 0.264 e. The molecule has 11 heteroatoms. The molecule has 0 radical (unpaired) electrons. The first-order valence-corrected chi connectivity index (χ1v) is 17.3. The van der Waals surface area contributed by atoms with E-state index in [0.29, 0.717) is 32.9 Å². The molecule has 0 bridgehead atoms. The van der Waals surface area contributed by atoms with Crippen molar-refractivity contribution >= 4 is 62.3 Å². The summed E-state index contributed by atoms with van der Waals surface area (Å²) in [5, 5.41) is 3.99. The first-order valence-electron chi connectivity index (χ1n) is 14.7. The van der Waals surface area contributed by atoms with E-state index in [0.717, 1.165) is 15.4 Å². The summed E-state index contributed by atoms with van der Waals surface area (Å²) in [7, 11) is -4.24. The van der Waals surface area contributed by atoms with E-state index >= 15 is 0 Å². The molecule has 0 heterocycles. The van der Waals surface area contributed by atoms with Gasteiger partial charge in [-0.3, -0.25) is 13.9 Å². The molecular formula is C35H36Cl3N3O4S. The van der Waals surface area contributed by atoms with E-state index < -0.39 is 28.5 Å². The number of hydrogen-bond acceptors (Lipinski definition) is 4. The van der Waals surface area contributed by atoms with Crippen LogP contribution in [0.25, 0.3) is 0 Å². The van der Waals surface area contributed by atoms with E-state index in [1.165, 1.54) is 29.2 Å². The molecule has 0 spiro atoms. The fourth-order valence-electron chi connectivity index (χ4n) is 4.86. The first kappa shape index (κ1) is 35.3. The summed E-state index contributed by atoms with van der Waals surface area (Å²) in [6, 6.07) is 26.0. The molecule has 46 heavy (non-hydrogen) atoms. The molecule has 242 valence electrons. The van der Waals surface area contributed by atoms with Gasteiger partial charge in [0.2, 0.25) is 11.8 Å². The summed E-state index contributed by atoms with van der Waals surface area (Å²) in [6.07, 6.45) is 0.201. The van der Waals surface area contributed by atoms with E-state index in [-0.39, 0.29) is 29.7 Å². The molecule has 4 aromatic rings. The van der Waals surface area contributed by atoms with E-state index in [1.807, 2.05) is 57.2 Å². The molecular weight excluding hydrogens is 665 g/mol. The molecule has 0 saturated carbocycles. The Kier molecular flexibility index (Phi) is 12.1. The number of rotatable bonds is 13. The van der Waals surface area contributed by atoms with Crippen LogP contribution in [0, 0.1) is 12.8 Å². The normalized spacial score (nSPS) is 12.1. The minimum atomic E-state index is -4.24. The fraction of sp³-hybridized carbons (Fsp3) is 0.257. The third kappa shape index (κ3) is 9.26. The number of halogens is 3. The average molecular weight is 701 g/mol. The summed E-state index contributed by atoms with van der Waals surface area (Å²) < 4.78 is 29.3. The minimum absolute atomic E-state index is 0.0228. The van der Waals surface area contributed by atoms with Crippen molar-refractivity contribution in [2.45, 2.75) is 44.7 Å². The maximum atomic E-state index is 14.5. The van der Waals surface area contributed by atoms with Crippen LogP contribution in [0.5, 0.6) is 0 Å². The van der Waals surface area contributed by atoms with Crippen LogP contribution in [0.4, 0.5) is 5.69 Å². The standard InChI is InChI=1S/C35H36Cl3N3O4S/c1-24(2)21-39-35(43)33(20-26-9-5-4-6-10-26)40(22-27-12-17-31(37)32(38)19-27)34(42)23-41(29-11-7-8-25(3)18-29)46(44,45)30-15-13-28(36)14-16-30/h4-19,24,33H,20-23H2,1-3H3,(H,39,43)/t33-/m1/s1. The Bertz CT molecular complexity index is 1770. The molecule has 1 atom stereocenters. The van der Waals surface area contributed by atoms with Gasteiger partial charge in [0.1, 0.15) is 12.6 Å². The van der Waals surface area contributed by atoms with E-state index in [4.69, 9.17) is 34.8 Å². The number of nitrogens with zero attached hydrogens (tertiary/aromatic N) is 2. The van der Waals surface area contributed by atoms with Gasteiger partial charge in [0.05, 0.1) is 20.6 Å². The van der Waals surface area contributed by atoms with Crippen LogP contribution < -0.4 is 9.62 Å².